The third-order valence-corrected chi connectivity index (χ3v) is 8.88. The van der Waals surface area contributed by atoms with Gasteiger partial charge >= 0.3 is 13.6 Å². The van der Waals surface area contributed by atoms with Gasteiger partial charge in [0, 0.05) is 24.3 Å². The summed E-state index contributed by atoms with van der Waals surface area (Å²) in [6.07, 6.45) is -3.04. The normalized spacial score (nSPS) is 20.0. The summed E-state index contributed by atoms with van der Waals surface area (Å²) in [6, 6.07) is 28.1. The zero-order valence-electron chi connectivity index (χ0n) is 26.2. The number of hydrogen-bond donors (Lipinski definition) is 7. The van der Waals surface area contributed by atoms with E-state index in [4.69, 9.17) is 21.6 Å². The molecule has 1 saturated heterocycles. The van der Waals surface area contributed by atoms with Crippen LogP contribution >= 0.6 is 7.60 Å². The predicted molar refractivity (Wildman–Crippen MR) is 182 cm³/mol. The van der Waals surface area contributed by atoms with Crippen LogP contribution in [0, 0.1) is 5.41 Å². The fraction of sp³-hybridized carbons (Fsp3) is 0.257. The first-order valence-corrected chi connectivity index (χ1v) is 17.2. The number of hydrogen-bond acceptors (Lipinski definition) is 7. The monoisotopic (exact) mass is 673 g/mol. The number of carbonyl (C=O) groups excluding carboxylic acids is 1. The summed E-state index contributed by atoms with van der Waals surface area (Å²) in [4.78, 5) is 36.5. The molecule has 1 aliphatic rings. The van der Waals surface area contributed by atoms with Crippen LogP contribution in [0.15, 0.2) is 103 Å². The summed E-state index contributed by atoms with van der Waals surface area (Å²) in [5, 5.41) is 31.8. The summed E-state index contributed by atoms with van der Waals surface area (Å²) < 4.78 is 16.8. The van der Waals surface area contributed by atoms with E-state index in [9.17, 15) is 29.4 Å². The van der Waals surface area contributed by atoms with Crippen LogP contribution in [-0.4, -0.2) is 72.3 Å². The van der Waals surface area contributed by atoms with Crippen LogP contribution in [-0.2, 0) is 30.5 Å². The van der Waals surface area contributed by atoms with Gasteiger partial charge in [0.2, 0.25) is 0 Å². The summed E-state index contributed by atoms with van der Waals surface area (Å²) in [5.74, 6) is -0.0195. The van der Waals surface area contributed by atoms with Gasteiger partial charge in [0.1, 0.15) is 23.8 Å². The molecule has 2 amide bonds. The number of urea groups is 1. The number of amidine groups is 1. The van der Waals surface area contributed by atoms with E-state index in [0.29, 0.717) is 22.4 Å². The maximum atomic E-state index is 14.9. The second kappa shape index (κ2) is 15.0. The summed E-state index contributed by atoms with van der Waals surface area (Å²) in [6.45, 7) is 0.00286. The molecule has 0 unspecified atom stereocenters. The van der Waals surface area contributed by atoms with Crippen molar-refractivity contribution in [3.05, 3.63) is 131 Å². The second-order valence-corrected chi connectivity index (χ2v) is 13.5. The van der Waals surface area contributed by atoms with Crippen molar-refractivity contribution in [1.29, 1.82) is 5.41 Å². The molecule has 5 rings (SSSR count). The summed E-state index contributed by atoms with van der Waals surface area (Å²) >= 11 is 0. The zero-order chi connectivity index (χ0) is 34.4. The molecule has 252 valence electrons. The Balaban J connectivity index is 1.58. The lowest BCUT2D eigenvalue weighted by molar-refractivity contribution is -0.0408. The Bertz CT molecular complexity index is 1770. The maximum absolute atomic E-state index is 14.9. The molecule has 0 spiro atoms. The first kappa shape index (κ1) is 34.6. The zero-order valence-corrected chi connectivity index (χ0v) is 27.1. The van der Waals surface area contributed by atoms with Crippen LogP contribution in [0.3, 0.4) is 0 Å². The highest BCUT2D eigenvalue weighted by Crippen LogP contribution is 2.35. The molecule has 48 heavy (non-hydrogen) atoms. The van der Waals surface area contributed by atoms with Gasteiger partial charge in [0.25, 0.3) is 0 Å². The molecular formula is C35H40N5O7P. The van der Waals surface area contributed by atoms with Crippen molar-refractivity contribution in [2.24, 2.45) is 5.73 Å². The van der Waals surface area contributed by atoms with Crippen LogP contribution in [0.4, 0.5) is 10.5 Å². The number of amides is 2. The van der Waals surface area contributed by atoms with E-state index in [2.05, 4.69) is 0 Å². The first-order chi connectivity index (χ1) is 22.9. The van der Waals surface area contributed by atoms with E-state index in [-0.39, 0.29) is 37.5 Å². The van der Waals surface area contributed by atoms with Crippen molar-refractivity contribution in [2.45, 2.75) is 50.2 Å². The molecule has 0 aromatic heterocycles. The number of aliphatic hydroxyl groups excluding tert-OH is 2. The summed E-state index contributed by atoms with van der Waals surface area (Å²) in [5.41, 5.74) is 15.4. The fourth-order valence-corrected chi connectivity index (χ4v) is 6.35. The molecule has 1 fully saturated rings. The lowest BCUT2D eigenvalue weighted by atomic mass is 9.91. The number of aliphatic hydroxyl groups is 2. The van der Waals surface area contributed by atoms with Gasteiger partial charge in [-0.25, -0.2) is 4.79 Å². The van der Waals surface area contributed by atoms with Crippen LogP contribution in [0.1, 0.15) is 27.8 Å². The van der Waals surface area contributed by atoms with Gasteiger partial charge in [-0.05, 0) is 59.4 Å². The number of rotatable bonds is 12. The van der Waals surface area contributed by atoms with Gasteiger partial charge in [-0.1, -0.05) is 78.9 Å². The average Bonchev–Trinajstić information content (AvgIpc) is 3.12. The molecule has 4 aromatic rings. The minimum Gasteiger partial charge on any atom is -0.481 e. The molecular weight excluding hydrogens is 633 g/mol. The quantitative estimate of drug-likeness (QED) is 0.0508. The van der Waals surface area contributed by atoms with Crippen molar-refractivity contribution in [2.75, 3.05) is 12.1 Å². The lowest BCUT2D eigenvalue weighted by Gasteiger charge is -2.36. The SMILES string of the molecule is N=C(N)c1cc(CN2C(=O)N(Cc3cccc(OCP(=O)(O)O)c3)[C@H](Cc3ccccc3)[C@H](O)[C@@H](O)[C@H]2Cc2ccccc2)ccc1N. The number of carbonyl (C=O) groups is 1. The number of nitrogens with zero attached hydrogens (tertiary/aromatic N) is 2. The predicted octanol–water partition coefficient (Wildman–Crippen LogP) is 3.45. The van der Waals surface area contributed by atoms with Crippen LogP contribution in [0.25, 0.3) is 0 Å². The largest absolute Gasteiger partial charge is 0.481 e. The van der Waals surface area contributed by atoms with Crippen LogP contribution < -0.4 is 16.2 Å². The minimum absolute atomic E-state index is 0.0117. The Morgan fingerprint density at radius 2 is 1.25 bits per heavy atom. The topological polar surface area (TPSA) is 207 Å². The van der Waals surface area contributed by atoms with E-state index in [1.807, 2.05) is 60.7 Å². The van der Waals surface area contributed by atoms with Gasteiger partial charge in [-0.2, -0.15) is 0 Å². The van der Waals surface area contributed by atoms with Gasteiger partial charge in [0.15, 0.2) is 6.35 Å². The Morgan fingerprint density at radius 1 is 0.750 bits per heavy atom. The van der Waals surface area contributed by atoms with Gasteiger partial charge in [0.05, 0.1) is 12.1 Å². The second-order valence-electron chi connectivity index (χ2n) is 12.0. The Morgan fingerprint density at radius 3 is 1.75 bits per heavy atom. The third-order valence-electron chi connectivity index (χ3n) is 8.42. The molecule has 0 saturated carbocycles. The minimum atomic E-state index is -4.43. The average molecular weight is 674 g/mol. The first-order valence-electron chi connectivity index (χ1n) is 15.4. The van der Waals surface area contributed by atoms with Crippen LogP contribution in [0.5, 0.6) is 5.75 Å². The van der Waals surface area contributed by atoms with Gasteiger partial charge in [-0.3, -0.25) is 9.97 Å². The summed E-state index contributed by atoms with van der Waals surface area (Å²) in [7, 11) is -4.43. The maximum Gasteiger partial charge on any atom is 0.362 e. The van der Waals surface area contributed by atoms with Gasteiger partial charge < -0.3 is 46.0 Å². The van der Waals surface area contributed by atoms with Crippen molar-refractivity contribution in [3.63, 3.8) is 0 Å². The van der Waals surface area contributed by atoms with Gasteiger partial charge in [-0.15, -0.1) is 0 Å². The van der Waals surface area contributed by atoms with E-state index in [1.165, 1.54) is 9.80 Å². The molecule has 1 aliphatic heterocycles. The molecule has 1 heterocycles. The Kier molecular flexibility index (Phi) is 10.8. The number of benzene rings is 4. The Labute approximate surface area is 278 Å². The van der Waals surface area contributed by atoms with E-state index >= 15 is 0 Å². The van der Waals surface area contributed by atoms with E-state index in [1.54, 1.807) is 42.5 Å². The number of nitrogen functional groups attached to an aromatic ring is 2. The third kappa shape index (κ3) is 8.60. The molecule has 4 aromatic carbocycles. The highest BCUT2D eigenvalue weighted by Gasteiger charge is 2.46. The number of anilines is 1. The molecule has 0 radical (unpaired) electrons. The number of nitrogens with one attached hydrogen (secondary N) is 1. The molecule has 0 bridgehead atoms. The smallest absolute Gasteiger partial charge is 0.362 e. The molecule has 13 heteroatoms. The highest BCUT2D eigenvalue weighted by atomic mass is 31.2. The van der Waals surface area contributed by atoms with E-state index < -0.39 is 44.3 Å². The van der Waals surface area contributed by atoms with Crippen molar-refractivity contribution in [3.8, 4) is 5.75 Å². The Hall–Kier alpha value is -4.71. The fourth-order valence-electron chi connectivity index (χ4n) is 6.04. The highest BCUT2D eigenvalue weighted by molar-refractivity contribution is 7.51. The standard InChI is InChI=1S/C35H40N5O7P/c36-29-15-14-26(17-28(29)34(37)38)21-40-31(19-24-10-5-2-6-11-24)33(42)32(41)30(18-23-8-3-1-4-9-23)39(35(40)43)20-25-12-7-13-27(16-25)47-22-48(44,45)46/h1-17,30-33,41-42H,18-22,36H2,(H3,37,38)(H2,44,45,46)/t30-,31-,32+,33+/m1/s1. The molecule has 0 aliphatic carbocycles. The molecule has 9 N–H and O–H groups in total. The van der Waals surface area contributed by atoms with E-state index in [0.717, 1.165) is 11.1 Å². The van der Waals surface area contributed by atoms with Crippen molar-refractivity contribution >= 4 is 25.1 Å². The molecule has 12 nitrogen and oxygen atoms in total. The molecule has 4 atom stereocenters. The van der Waals surface area contributed by atoms with Crippen LogP contribution in [0.2, 0.25) is 0 Å². The lowest BCUT2D eigenvalue weighted by Crippen LogP contribution is -2.50. The number of nitrogens with two attached hydrogens (primary N) is 2. The van der Waals surface area contributed by atoms with Crippen molar-refractivity contribution < 1.29 is 34.1 Å². The van der Waals surface area contributed by atoms with Crippen molar-refractivity contribution in [1.82, 2.24) is 9.80 Å². The number of ether oxygens (including phenoxy) is 1.